The van der Waals surface area contributed by atoms with E-state index in [2.05, 4.69) is 25.9 Å². The number of nitrogens with two attached hydrogens (primary N) is 1. The molecule has 0 radical (unpaired) electrons. The van der Waals surface area contributed by atoms with Crippen molar-refractivity contribution in [2.45, 2.75) is 19.8 Å². The van der Waals surface area contributed by atoms with Gasteiger partial charge in [-0.15, -0.1) is 0 Å². The van der Waals surface area contributed by atoms with Crippen LogP contribution in [0, 0.1) is 0 Å². The molecule has 0 aliphatic rings. The Kier molecular flexibility index (Phi) is 4.33. The molecule has 3 nitrogen and oxygen atoms in total. The van der Waals surface area contributed by atoms with Gasteiger partial charge in [0.2, 0.25) is 0 Å². The van der Waals surface area contributed by atoms with E-state index < -0.39 is 0 Å². The third-order valence-corrected chi connectivity index (χ3v) is 3.98. The first-order chi connectivity index (χ1) is 8.90. The maximum absolute atomic E-state index is 6.17. The number of nitrogen functional groups attached to an aromatic ring is 1. The van der Waals surface area contributed by atoms with Crippen LogP contribution in [0.4, 0.5) is 5.82 Å². The second kappa shape index (κ2) is 5.65. The Labute approximate surface area is 130 Å². The summed E-state index contributed by atoms with van der Waals surface area (Å²) in [4.78, 5) is 8.80. The maximum atomic E-state index is 6.17. The lowest BCUT2D eigenvalue weighted by molar-refractivity contribution is 0.811. The number of hydrogen-bond donors (Lipinski definition) is 1. The molecule has 1 aromatic carbocycles. The Morgan fingerprint density at radius 1 is 1.21 bits per heavy atom. The van der Waals surface area contributed by atoms with E-state index in [4.69, 9.17) is 28.9 Å². The molecule has 1 aromatic heterocycles. The van der Waals surface area contributed by atoms with Gasteiger partial charge in [-0.1, -0.05) is 37.0 Å². The van der Waals surface area contributed by atoms with Gasteiger partial charge in [0.15, 0.2) is 5.82 Å². The molecule has 6 heteroatoms. The Bertz CT molecular complexity index is 630. The van der Waals surface area contributed by atoms with Gasteiger partial charge >= 0.3 is 0 Å². The molecule has 0 unspecified atom stereocenters. The van der Waals surface area contributed by atoms with Gasteiger partial charge in [-0.05, 0) is 40.0 Å². The van der Waals surface area contributed by atoms with Crippen LogP contribution in [0.25, 0.3) is 11.4 Å². The second-order valence-corrected chi connectivity index (χ2v) is 6.05. The average Bonchev–Trinajstić information content (AvgIpc) is 2.32. The zero-order valence-electron chi connectivity index (χ0n) is 10.4. The Hall–Kier alpha value is -0.840. The SMILES string of the molecule is CC(C)c1nc(-c2ccc(Cl)cc2Cl)nc(N)c1Br. The zero-order chi connectivity index (χ0) is 14.2. The summed E-state index contributed by atoms with van der Waals surface area (Å²) in [5, 5.41) is 1.08. The fraction of sp³-hybridized carbons (Fsp3) is 0.231. The van der Waals surface area contributed by atoms with Gasteiger partial charge in [0.25, 0.3) is 0 Å². The molecule has 0 spiro atoms. The first kappa shape index (κ1) is 14.6. The fourth-order valence-corrected chi connectivity index (χ4v) is 2.78. The van der Waals surface area contributed by atoms with Crippen molar-refractivity contribution < 1.29 is 0 Å². The van der Waals surface area contributed by atoms with Crippen LogP contribution in [0.5, 0.6) is 0 Å². The van der Waals surface area contributed by atoms with Crippen LogP contribution in [0.15, 0.2) is 22.7 Å². The van der Waals surface area contributed by atoms with Crippen molar-refractivity contribution in [3.05, 3.63) is 38.4 Å². The monoisotopic (exact) mass is 359 g/mol. The number of hydrogen-bond acceptors (Lipinski definition) is 3. The summed E-state index contributed by atoms with van der Waals surface area (Å²) in [6.45, 7) is 4.08. The van der Waals surface area contributed by atoms with Crippen LogP contribution in [0.2, 0.25) is 10.0 Å². The highest BCUT2D eigenvalue weighted by atomic mass is 79.9. The van der Waals surface area contributed by atoms with Crippen molar-refractivity contribution in [3.63, 3.8) is 0 Å². The van der Waals surface area contributed by atoms with Gasteiger partial charge in [-0.25, -0.2) is 9.97 Å². The van der Waals surface area contributed by atoms with Crippen molar-refractivity contribution in [2.24, 2.45) is 0 Å². The quantitative estimate of drug-likeness (QED) is 0.826. The van der Waals surface area contributed by atoms with E-state index in [1.165, 1.54) is 0 Å². The molecule has 0 aliphatic carbocycles. The van der Waals surface area contributed by atoms with Gasteiger partial charge in [-0.3, -0.25) is 0 Å². The van der Waals surface area contributed by atoms with E-state index in [0.29, 0.717) is 27.3 Å². The van der Waals surface area contributed by atoms with Crippen molar-refractivity contribution in [3.8, 4) is 11.4 Å². The molecular formula is C13H12BrCl2N3. The van der Waals surface area contributed by atoms with E-state index in [9.17, 15) is 0 Å². The van der Waals surface area contributed by atoms with E-state index >= 15 is 0 Å². The van der Waals surface area contributed by atoms with Crippen LogP contribution in [-0.2, 0) is 0 Å². The van der Waals surface area contributed by atoms with Crippen LogP contribution in [0.1, 0.15) is 25.5 Å². The minimum absolute atomic E-state index is 0.226. The summed E-state index contributed by atoms with van der Waals surface area (Å²) in [6.07, 6.45) is 0. The average molecular weight is 361 g/mol. The molecular weight excluding hydrogens is 349 g/mol. The highest BCUT2D eigenvalue weighted by molar-refractivity contribution is 9.10. The predicted molar refractivity (Wildman–Crippen MR) is 83.7 cm³/mol. The lowest BCUT2D eigenvalue weighted by Crippen LogP contribution is -2.04. The molecule has 1 heterocycles. The largest absolute Gasteiger partial charge is 0.383 e. The van der Waals surface area contributed by atoms with Crippen molar-refractivity contribution in [1.29, 1.82) is 0 Å². The summed E-state index contributed by atoms with van der Waals surface area (Å²) >= 11 is 15.5. The fourth-order valence-electron chi connectivity index (χ4n) is 1.66. The molecule has 0 fully saturated rings. The predicted octanol–water partition coefficient (Wildman–Crippen LogP) is 4.92. The molecule has 2 rings (SSSR count). The van der Waals surface area contributed by atoms with Crippen LogP contribution in [-0.4, -0.2) is 9.97 Å². The zero-order valence-corrected chi connectivity index (χ0v) is 13.5. The van der Waals surface area contributed by atoms with Crippen molar-refractivity contribution in [1.82, 2.24) is 9.97 Å². The number of rotatable bonds is 2. The topological polar surface area (TPSA) is 51.8 Å². The van der Waals surface area contributed by atoms with Gasteiger partial charge in [0, 0.05) is 10.6 Å². The smallest absolute Gasteiger partial charge is 0.163 e. The van der Waals surface area contributed by atoms with Crippen molar-refractivity contribution >= 4 is 44.9 Å². The molecule has 2 N–H and O–H groups in total. The van der Waals surface area contributed by atoms with E-state index in [1.807, 2.05) is 13.8 Å². The van der Waals surface area contributed by atoms with E-state index in [1.54, 1.807) is 18.2 Å². The number of aromatic nitrogens is 2. The number of halogens is 3. The number of nitrogens with zero attached hydrogens (tertiary/aromatic N) is 2. The van der Waals surface area contributed by atoms with Gasteiger partial charge in [0.05, 0.1) is 15.2 Å². The molecule has 0 amide bonds. The van der Waals surface area contributed by atoms with Crippen molar-refractivity contribution in [2.75, 3.05) is 5.73 Å². The molecule has 19 heavy (non-hydrogen) atoms. The van der Waals surface area contributed by atoms with Crippen LogP contribution < -0.4 is 5.73 Å². The second-order valence-electron chi connectivity index (χ2n) is 4.41. The number of benzene rings is 1. The van der Waals surface area contributed by atoms with Gasteiger partial charge < -0.3 is 5.73 Å². The highest BCUT2D eigenvalue weighted by Gasteiger charge is 2.15. The molecule has 0 bridgehead atoms. The molecule has 100 valence electrons. The summed E-state index contributed by atoms with van der Waals surface area (Å²) < 4.78 is 0.733. The molecule has 0 atom stereocenters. The number of anilines is 1. The van der Waals surface area contributed by atoms with E-state index in [0.717, 1.165) is 10.2 Å². The van der Waals surface area contributed by atoms with Gasteiger partial charge in [-0.2, -0.15) is 0 Å². The molecule has 0 saturated carbocycles. The highest BCUT2D eigenvalue weighted by Crippen LogP contribution is 2.33. The maximum Gasteiger partial charge on any atom is 0.163 e. The first-order valence-electron chi connectivity index (χ1n) is 5.68. The third kappa shape index (κ3) is 3.02. The van der Waals surface area contributed by atoms with Gasteiger partial charge in [0.1, 0.15) is 5.82 Å². The summed E-state index contributed by atoms with van der Waals surface area (Å²) in [5.41, 5.74) is 7.48. The Morgan fingerprint density at radius 2 is 1.89 bits per heavy atom. The minimum atomic E-state index is 0.226. The molecule has 2 aromatic rings. The summed E-state index contributed by atoms with van der Waals surface area (Å²) in [6, 6.07) is 5.20. The summed E-state index contributed by atoms with van der Waals surface area (Å²) in [5.74, 6) is 1.13. The Balaban J connectivity index is 2.63. The Morgan fingerprint density at radius 3 is 2.47 bits per heavy atom. The first-order valence-corrected chi connectivity index (χ1v) is 7.23. The third-order valence-electron chi connectivity index (χ3n) is 2.62. The lowest BCUT2D eigenvalue weighted by atomic mass is 10.1. The summed E-state index contributed by atoms with van der Waals surface area (Å²) in [7, 11) is 0. The van der Waals surface area contributed by atoms with Crippen LogP contribution >= 0.6 is 39.1 Å². The standard InChI is InChI=1S/C13H12BrCl2N3/c1-6(2)11-10(14)12(17)19-13(18-11)8-4-3-7(15)5-9(8)16/h3-6H,1-2H3,(H2,17,18,19). The normalized spacial score (nSPS) is 11.1. The molecule has 0 aliphatic heterocycles. The molecule has 0 saturated heterocycles. The lowest BCUT2D eigenvalue weighted by Gasteiger charge is -2.12. The van der Waals surface area contributed by atoms with E-state index in [-0.39, 0.29) is 5.92 Å². The minimum Gasteiger partial charge on any atom is -0.383 e. The van der Waals surface area contributed by atoms with Crippen LogP contribution in [0.3, 0.4) is 0 Å².